The van der Waals surface area contributed by atoms with Gasteiger partial charge in [-0.2, -0.15) is 0 Å². The van der Waals surface area contributed by atoms with Gasteiger partial charge in [-0.3, -0.25) is 0 Å². The van der Waals surface area contributed by atoms with E-state index < -0.39 is 0 Å². The summed E-state index contributed by atoms with van der Waals surface area (Å²) in [5, 5.41) is 8.17. The third kappa shape index (κ3) is 1.88. The Balaban J connectivity index is 2.88. The second-order valence-electron chi connectivity index (χ2n) is 3.67. The molecule has 1 aromatic rings. The van der Waals surface area contributed by atoms with E-state index in [1.807, 2.05) is 18.5 Å². The van der Waals surface area contributed by atoms with Crippen LogP contribution in [-0.2, 0) is 7.05 Å². The van der Waals surface area contributed by atoms with Gasteiger partial charge in [0.15, 0.2) is 0 Å². The average Bonchev–Trinajstić information content (AvgIpc) is 2.45. The lowest BCUT2D eigenvalue weighted by molar-refractivity contribution is 0.466. The smallest absolute Gasteiger partial charge is 0.135 e. The van der Waals surface area contributed by atoms with Crippen molar-refractivity contribution in [1.29, 1.82) is 0 Å². The predicted octanol–water partition coefficient (Wildman–Crippen LogP) is 0.822. The van der Waals surface area contributed by atoms with Crippen molar-refractivity contribution >= 4 is 0 Å². The van der Waals surface area contributed by atoms with Crippen molar-refractivity contribution < 1.29 is 0 Å². The Hall–Kier alpha value is -0.900. The van der Waals surface area contributed by atoms with E-state index in [9.17, 15) is 0 Å². The van der Waals surface area contributed by atoms with Crippen LogP contribution in [0.1, 0.15) is 31.4 Å². The highest BCUT2D eigenvalue weighted by Crippen LogP contribution is 2.21. The third-order valence-corrected chi connectivity index (χ3v) is 2.76. The molecule has 1 aromatic heterocycles. The summed E-state index contributed by atoms with van der Waals surface area (Å²) in [6, 6.07) is 0. The molecule has 0 saturated heterocycles. The van der Waals surface area contributed by atoms with Gasteiger partial charge in [0.2, 0.25) is 0 Å². The Labute approximate surface area is 79.2 Å². The van der Waals surface area contributed by atoms with Gasteiger partial charge < -0.3 is 10.3 Å². The third-order valence-electron chi connectivity index (χ3n) is 2.76. The van der Waals surface area contributed by atoms with Gasteiger partial charge in [-0.05, 0) is 19.4 Å². The van der Waals surface area contributed by atoms with Crippen LogP contribution in [-0.4, -0.2) is 21.3 Å². The van der Waals surface area contributed by atoms with Gasteiger partial charge in [-0.15, -0.1) is 10.2 Å². The molecule has 0 aliphatic carbocycles. The Bertz CT molecular complexity index is 279. The predicted molar refractivity (Wildman–Crippen MR) is 52.4 cm³/mol. The summed E-state index contributed by atoms with van der Waals surface area (Å²) in [7, 11) is 1.99. The molecule has 0 aliphatic rings. The van der Waals surface area contributed by atoms with E-state index in [2.05, 4.69) is 24.0 Å². The molecule has 0 fully saturated rings. The molecule has 0 spiro atoms. The topological polar surface area (TPSA) is 56.7 Å². The number of nitrogens with zero attached hydrogens (tertiary/aromatic N) is 3. The molecule has 1 heterocycles. The Morgan fingerprint density at radius 1 is 1.38 bits per heavy atom. The second-order valence-corrected chi connectivity index (χ2v) is 3.67. The maximum atomic E-state index is 5.61. The molecule has 0 saturated carbocycles. The first-order valence-corrected chi connectivity index (χ1v) is 4.63. The molecule has 0 radical (unpaired) electrons. The minimum absolute atomic E-state index is 0.371. The Morgan fingerprint density at radius 2 is 2.00 bits per heavy atom. The molecule has 0 bridgehead atoms. The van der Waals surface area contributed by atoms with E-state index >= 15 is 0 Å². The van der Waals surface area contributed by atoms with Crippen molar-refractivity contribution in [2.75, 3.05) is 6.54 Å². The van der Waals surface area contributed by atoms with Crippen molar-refractivity contribution in [3.8, 4) is 0 Å². The molecule has 0 aliphatic heterocycles. The molecule has 13 heavy (non-hydrogen) atoms. The lowest BCUT2D eigenvalue weighted by Gasteiger charge is -2.16. The van der Waals surface area contributed by atoms with E-state index in [4.69, 9.17) is 5.73 Å². The van der Waals surface area contributed by atoms with E-state index in [1.54, 1.807) is 0 Å². The van der Waals surface area contributed by atoms with Crippen LogP contribution in [0.5, 0.6) is 0 Å². The van der Waals surface area contributed by atoms with Crippen LogP contribution in [0.2, 0.25) is 0 Å². The van der Waals surface area contributed by atoms with E-state index in [-0.39, 0.29) is 0 Å². The van der Waals surface area contributed by atoms with Crippen molar-refractivity contribution in [3.05, 3.63) is 11.6 Å². The minimum Gasteiger partial charge on any atom is -0.330 e. The van der Waals surface area contributed by atoms with Gasteiger partial charge in [0.05, 0.1) is 0 Å². The molecule has 4 nitrogen and oxygen atoms in total. The molecule has 0 amide bonds. The number of nitrogens with two attached hydrogens (primary N) is 1. The first-order chi connectivity index (χ1) is 6.07. The number of aryl methyl sites for hydroxylation is 1. The van der Waals surface area contributed by atoms with Crippen molar-refractivity contribution in [1.82, 2.24) is 14.8 Å². The summed E-state index contributed by atoms with van der Waals surface area (Å²) < 4.78 is 2.02. The highest BCUT2D eigenvalue weighted by molar-refractivity contribution is 5.00. The summed E-state index contributed by atoms with van der Waals surface area (Å²) in [5.41, 5.74) is 5.61. The highest BCUT2D eigenvalue weighted by atomic mass is 15.3. The Morgan fingerprint density at radius 3 is 2.38 bits per heavy atom. The summed E-state index contributed by atoms with van der Waals surface area (Å²) in [6.07, 6.45) is 0. The van der Waals surface area contributed by atoms with Gasteiger partial charge >= 0.3 is 0 Å². The fraction of sp³-hybridized carbons (Fsp3) is 0.778. The molecule has 2 atom stereocenters. The fourth-order valence-electron chi connectivity index (χ4n) is 1.28. The Kier molecular flexibility index (Phi) is 3.03. The first kappa shape index (κ1) is 10.2. The second kappa shape index (κ2) is 3.87. The van der Waals surface area contributed by atoms with Crippen LogP contribution in [0.4, 0.5) is 0 Å². The van der Waals surface area contributed by atoms with Crippen molar-refractivity contribution in [3.63, 3.8) is 0 Å². The zero-order valence-electron chi connectivity index (χ0n) is 8.78. The maximum absolute atomic E-state index is 5.61. The molecule has 1 rings (SSSR count). The van der Waals surface area contributed by atoms with Gasteiger partial charge in [-0.25, -0.2) is 0 Å². The largest absolute Gasteiger partial charge is 0.330 e. The maximum Gasteiger partial charge on any atom is 0.135 e. The van der Waals surface area contributed by atoms with Crippen LogP contribution in [0, 0.1) is 12.8 Å². The van der Waals surface area contributed by atoms with Crippen LogP contribution < -0.4 is 5.73 Å². The minimum atomic E-state index is 0.371. The average molecular weight is 182 g/mol. The van der Waals surface area contributed by atoms with Gasteiger partial charge in [-0.1, -0.05) is 13.8 Å². The lowest BCUT2D eigenvalue weighted by Crippen LogP contribution is -2.19. The van der Waals surface area contributed by atoms with Crippen molar-refractivity contribution in [2.24, 2.45) is 18.7 Å². The van der Waals surface area contributed by atoms with E-state index in [0.717, 1.165) is 11.6 Å². The van der Waals surface area contributed by atoms with Gasteiger partial charge in [0, 0.05) is 13.0 Å². The molecule has 4 heteroatoms. The molecule has 0 aromatic carbocycles. The number of hydrogen-bond donors (Lipinski definition) is 1. The molecule has 2 unspecified atom stereocenters. The molecular formula is C9H18N4. The lowest BCUT2D eigenvalue weighted by atomic mass is 9.95. The zero-order valence-corrected chi connectivity index (χ0v) is 8.78. The first-order valence-electron chi connectivity index (χ1n) is 4.63. The van der Waals surface area contributed by atoms with Crippen LogP contribution in [0.15, 0.2) is 0 Å². The van der Waals surface area contributed by atoms with Crippen LogP contribution in [0.25, 0.3) is 0 Å². The molecular weight excluding hydrogens is 164 g/mol. The van der Waals surface area contributed by atoms with Crippen LogP contribution in [0.3, 0.4) is 0 Å². The molecule has 2 N–H and O–H groups in total. The van der Waals surface area contributed by atoms with Gasteiger partial charge in [0.25, 0.3) is 0 Å². The summed E-state index contributed by atoms with van der Waals surface area (Å²) in [5.74, 6) is 2.79. The SMILES string of the molecule is Cc1nnc(C(C)C(C)CN)n1C. The molecule has 74 valence electrons. The zero-order chi connectivity index (χ0) is 10.0. The van der Waals surface area contributed by atoms with Crippen molar-refractivity contribution in [2.45, 2.75) is 26.7 Å². The van der Waals surface area contributed by atoms with Crippen LogP contribution >= 0.6 is 0 Å². The number of hydrogen-bond acceptors (Lipinski definition) is 3. The van der Waals surface area contributed by atoms with E-state index in [0.29, 0.717) is 18.4 Å². The summed E-state index contributed by atoms with van der Waals surface area (Å²) in [4.78, 5) is 0. The quantitative estimate of drug-likeness (QED) is 0.753. The van der Waals surface area contributed by atoms with E-state index in [1.165, 1.54) is 0 Å². The number of rotatable bonds is 3. The highest BCUT2D eigenvalue weighted by Gasteiger charge is 2.18. The summed E-state index contributed by atoms with van der Waals surface area (Å²) >= 11 is 0. The summed E-state index contributed by atoms with van der Waals surface area (Å²) in [6.45, 7) is 6.92. The fourth-order valence-corrected chi connectivity index (χ4v) is 1.28. The monoisotopic (exact) mass is 182 g/mol. The standard InChI is InChI=1S/C9H18N4/c1-6(5-10)7(2)9-12-11-8(3)13(9)4/h6-7H,5,10H2,1-4H3. The number of aromatic nitrogens is 3. The normalized spacial score (nSPS) is 15.8. The van der Waals surface area contributed by atoms with Gasteiger partial charge in [0.1, 0.15) is 11.6 Å².